The normalized spacial score (nSPS) is 11.8. The molecule has 1 nitrogen and oxygen atoms in total. The van der Waals surface area contributed by atoms with Crippen LogP contribution in [0.4, 0.5) is 8.78 Å². The summed E-state index contributed by atoms with van der Waals surface area (Å²) >= 11 is 0. The van der Waals surface area contributed by atoms with E-state index in [2.05, 4.69) is 4.98 Å². The van der Waals surface area contributed by atoms with E-state index in [-0.39, 0.29) is 11.6 Å². The average molecular weight is 273 g/mol. The quantitative estimate of drug-likeness (QED) is 0.746. The average Bonchev–Trinajstić information content (AvgIpc) is 2.41. The first-order valence-electron chi connectivity index (χ1n) is 6.61. The van der Waals surface area contributed by atoms with Gasteiger partial charge in [0.05, 0.1) is 11.4 Å². The first-order valence-corrected chi connectivity index (χ1v) is 6.61. The minimum Gasteiger partial charge on any atom is -0.248 e. The Kier molecular flexibility index (Phi) is 4.28. The van der Waals surface area contributed by atoms with Crippen molar-refractivity contribution < 1.29 is 8.78 Å². The van der Waals surface area contributed by atoms with Crippen molar-refractivity contribution in [1.29, 1.82) is 0 Å². The lowest BCUT2D eigenvalue weighted by atomic mass is 10.0. The molecule has 0 fully saturated rings. The number of aryl methyl sites for hydroxylation is 2. The molecule has 2 aromatic rings. The van der Waals surface area contributed by atoms with E-state index in [9.17, 15) is 8.78 Å². The highest BCUT2D eigenvalue weighted by molar-refractivity contribution is 5.66. The van der Waals surface area contributed by atoms with Crippen LogP contribution in [0.5, 0.6) is 0 Å². The summed E-state index contributed by atoms with van der Waals surface area (Å²) in [5, 5.41) is 0. The molecule has 0 saturated carbocycles. The first kappa shape index (κ1) is 14.4. The van der Waals surface area contributed by atoms with Crippen LogP contribution in [0.2, 0.25) is 0 Å². The molecule has 0 saturated heterocycles. The fourth-order valence-corrected chi connectivity index (χ4v) is 2.09. The number of aromatic nitrogens is 1. The Balaban J connectivity index is 2.57. The highest BCUT2D eigenvalue weighted by atomic mass is 19.1. The summed E-state index contributed by atoms with van der Waals surface area (Å²) in [5.74, 6) is -0.518. The van der Waals surface area contributed by atoms with Gasteiger partial charge in [-0.25, -0.2) is 13.8 Å². The van der Waals surface area contributed by atoms with Crippen molar-refractivity contribution in [1.82, 2.24) is 4.98 Å². The van der Waals surface area contributed by atoms with Crippen LogP contribution in [0.1, 0.15) is 30.2 Å². The second-order valence-corrected chi connectivity index (χ2v) is 4.81. The van der Waals surface area contributed by atoms with Crippen LogP contribution in [0.25, 0.3) is 17.3 Å². The van der Waals surface area contributed by atoms with E-state index in [0.29, 0.717) is 23.4 Å². The van der Waals surface area contributed by atoms with E-state index in [1.807, 2.05) is 19.9 Å². The number of rotatable bonds is 3. The largest absolute Gasteiger partial charge is 0.248 e. The van der Waals surface area contributed by atoms with Crippen LogP contribution in [0.15, 0.2) is 36.2 Å². The number of benzene rings is 1. The van der Waals surface area contributed by atoms with Crippen molar-refractivity contribution in [3.05, 3.63) is 58.8 Å². The van der Waals surface area contributed by atoms with Crippen molar-refractivity contribution >= 4 is 6.08 Å². The maximum Gasteiger partial charge on any atom is 0.123 e. The molecular formula is C17H17F2N. The minimum atomic E-state index is -0.305. The molecule has 0 bridgehead atoms. The molecule has 0 aliphatic rings. The Hall–Kier alpha value is -2.03. The lowest BCUT2D eigenvalue weighted by molar-refractivity contribution is 0.612. The van der Waals surface area contributed by atoms with Crippen molar-refractivity contribution in [3.8, 4) is 11.3 Å². The lowest BCUT2D eigenvalue weighted by Crippen LogP contribution is -1.95. The van der Waals surface area contributed by atoms with Gasteiger partial charge in [0.15, 0.2) is 0 Å². The summed E-state index contributed by atoms with van der Waals surface area (Å²) < 4.78 is 26.8. The molecule has 1 aromatic heterocycles. The summed E-state index contributed by atoms with van der Waals surface area (Å²) in [5.41, 5.74) is 3.84. The second kappa shape index (κ2) is 5.95. The van der Waals surface area contributed by atoms with Crippen LogP contribution in [0.3, 0.4) is 0 Å². The highest BCUT2D eigenvalue weighted by Crippen LogP contribution is 2.25. The standard InChI is InChI=1S/C17H17F2N/c1-4-14(18)10-16-11(2)8-12(3)17(20-16)13-6-5-7-15(19)9-13/h5-10H,4H2,1-3H3/b14-10+. The summed E-state index contributed by atoms with van der Waals surface area (Å²) in [6.07, 6.45) is 1.78. The molecule has 0 aliphatic heterocycles. The molecule has 0 amide bonds. The molecule has 2 rings (SSSR count). The minimum absolute atomic E-state index is 0.213. The Labute approximate surface area is 118 Å². The van der Waals surface area contributed by atoms with Crippen LogP contribution in [-0.2, 0) is 0 Å². The molecule has 20 heavy (non-hydrogen) atoms. The zero-order valence-electron chi connectivity index (χ0n) is 11.9. The van der Waals surface area contributed by atoms with Gasteiger partial charge in [0.2, 0.25) is 0 Å². The van der Waals surface area contributed by atoms with Gasteiger partial charge in [-0.3, -0.25) is 0 Å². The fourth-order valence-electron chi connectivity index (χ4n) is 2.09. The molecular weight excluding hydrogens is 256 g/mol. The van der Waals surface area contributed by atoms with Gasteiger partial charge in [-0.05, 0) is 49.6 Å². The Bertz CT molecular complexity index is 660. The summed E-state index contributed by atoms with van der Waals surface area (Å²) in [6, 6.07) is 8.23. The van der Waals surface area contributed by atoms with Crippen molar-refractivity contribution in [2.24, 2.45) is 0 Å². The van der Waals surface area contributed by atoms with Gasteiger partial charge < -0.3 is 0 Å². The summed E-state index contributed by atoms with van der Waals surface area (Å²) in [4.78, 5) is 4.49. The maximum atomic E-state index is 13.5. The van der Waals surface area contributed by atoms with Crippen LogP contribution >= 0.6 is 0 Å². The third kappa shape index (κ3) is 3.10. The number of hydrogen-bond donors (Lipinski definition) is 0. The van der Waals surface area contributed by atoms with E-state index in [1.54, 1.807) is 19.1 Å². The Morgan fingerprint density at radius 1 is 1.20 bits per heavy atom. The summed E-state index contributed by atoms with van der Waals surface area (Å²) in [7, 11) is 0. The van der Waals surface area contributed by atoms with E-state index in [1.165, 1.54) is 18.2 Å². The lowest BCUT2D eigenvalue weighted by Gasteiger charge is -2.09. The highest BCUT2D eigenvalue weighted by Gasteiger charge is 2.09. The third-order valence-corrected chi connectivity index (χ3v) is 3.17. The molecule has 0 spiro atoms. The Morgan fingerprint density at radius 2 is 1.95 bits per heavy atom. The third-order valence-electron chi connectivity index (χ3n) is 3.17. The zero-order valence-corrected chi connectivity index (χ0v) is 11.9. The molecule has 0 unspecified atom stereocenters. The molecule has 0 radical (unpaired) electrons. The molecule has 0 atom stereocenters. The molecule has 3 heteroatoms. The monoisotopic (exact) mass is 273 g/mol. The van der Waals surface area contributed by atoms with Gasteiger partial charge in [-0.1, -0.05) is 25.1 Å². The number of allylic oxidation sites excluding steroid dienone is 1. The van der Waals surface area contributed by atoms with Crippen LogP contribution in [-0.4, -0.2) is 4.98 Å². The Morgan fingerprint density at radius 3 is 2.60 bits per heavy atom. The van der Waals surface area contributed by atoms with Gasteiger partial charge in [-0.15, -0.1) is 0 Å². The van der Waals surface area contributed by atoms with E-state index < -0.39 is 0 Å². The fraction of sp³-hybridized carbons (Fsp3) is 0.235. The van der Waals surface area contributed by atoms with E-state index >= 15 is 0 Å². The number of pyridine rings is 1. The van der Waals surface area contributed by atoms with E-state index in [4.69, 9.17) is 0 Å². The van der Waals surface area contributed by atoms with Gasteiger partial charge in [-0.2, -0.15) is 0 Å². The van der Waals surface area contributed by atoms with Gasteiger partial charge in [0.1, 0.15) is 11.6 Å². The maximum absolute atomic E-state index is 13.5. The van der Waals surface area contributed by atoms with Gasteiger partial charge >= 0.3 is 0 Å². The van der Waals surface area contributed by atoms with Crippen LogP contribution < -0.4 is 0 Å². The predicted octanol–water partition coefficient (Wildman–Crippen LogP) is 5.22. The van der Waals surface area contributed by atoms with Gasteiger partial charge in [0.25, 0.3) is 0 Å². The van der Waals surface area contributed by atoms with Crippen molar-refractivity contribution in [2.45, 2.75) is 27.2 Å². The van der Waals surface area contributed by atoms with Crippen molar-refractivity contribution in [2.75, 3.05) is 0 Å². The number of halogens is 2. The zero-order chi connectivity index (χ0) is 14.7. The number of hydrogen-bond acceptors (Lipinski definition) is 1. The molecule has 1 heterocycles. The molecule has 0 N–H and O–H groups in total. The molecule has 104 valence electrons. The SMILES string of the molecule is CC/C(F)=C\c1nc(-c2cccc(F)c2)c(C)cc1C. The van der Waals surface area contributed by atoms with Crippen LogP contribution in [0, 0.1) is 19.7 Å². The first-order chi connectivity index (χ1) is 9.51. The van der Waals surface area contributed by atoms with Crippen molar-refractivity contribution in [3.63, 3.8) is 0 Å². The van der Waals surface area contributed by atoms with Gasteiger partial charge in [0, 0.05) is 5.56 Å². The second-order valence-electron chi connectivity index (χ2n) is 4.81. The number of nitrogens with zero attached hydrogens (tertiary/aromatic N) is 1. The van der Waals surface area contributed by atoms with E-state index in [0.717, 1.165) is 11.1 Å². The molecule has 1 aromatic carbocycles. The molecule has 0 aliphatic carbocycles. The topological polar surface area (TPSA) is 12.9 Å². The summed E-state index contributed by atoms with van der Waals surface area (Å²) in [6.45, 7) is 5.57. The smallest absolute Gasteiger partial charge is 0.123 e. The predicted molar refractivity (Wildman–Crippen MR) is 78.5 cm³/mol.